The fourth-order valence-electron chi connectivity index (χ4n) is 1.58. The molecule has 0 fully saturated rings. The largest absolute Gasteiger partial charge is 0.402 e. The summed E-state index contributed by atoms with van der Waals surface area (Å²) >= 11 is 0. The van der Waals surface area contributed by atoms with E-state index in [2.05, 4.69) is 0 Å². The van der Waals surface area contributed by atoms with Crippen molar-refractivity contribution in [2.24, 2.45) is 5.41 Å². The molecule has 0 heterocycles. The van der Waals surface area contributed by atoms with Crippen LogP contribution in [0.3, 0.4) is 0 Å². The van der Waals surface area contributed by atoms with Crippen LogP contribution in [0.4, 0.5) is 22.0 Å². The minimum Gasteiger partial charge on any atom is -0.293 e. The van der Waals surface area contributed by atoms with Gasteiger partial charge in [0.15, 0.2) is 11.6 Å². The van der Waals surface area contributed by atoms with Crippen LogP contribution in [0.1, 0.15) is 31.1 Å². The molecule has 0 aliphatic rings. The summed E-state index contributed by atoms with van der Waals surface area (Å²) < 4.78 is 88.9. The van der Waals surface area contributed by atoms with E-state index in [9.17, 15) is 35.2 Å². The Hall–Kier alpha value is -1.55. The second-order valence-electron chi connectivity index (χ2n) is 5.75. The van der Waals surface area contributed by atoms with Gasteiger partial charge in [0.05, 0.1) is 5.56 Å². The van der Waals surface area contributed by atoms with Crippen molar-refractivity contribution in [3.05, 3.63) is 29.3 Å². The Bertz CT molecular complexity index is 720. The lowest BCUT2D eigenvalue weighted by molar-refractivity contribution is -0.121. The van der Waals surface area contributed by atoms with Crippen LogP contribution in [0.2, 0.25) is 0 Å². The molecule has 0 radical (unpaired) electrons. The zero-order valence-electron chi connectivity index (χ0n) is 12.4. The van der Waals surface area contributed by atoms with Gasteiger partial charge in [-0.05, 0) is 12.1 Å². The predicted octanol–water partition coefficient (Wildman–Crippen LogP) is 3.03. The van der Waals surface area contributed by atoms with Crippen molar-refractivity contribution in [3.8, 4) is 0 Å². The number of carbonyl (C=O) groups is 1. The molecule has 0 aliphatic carbocycles. The van der Waals surface area contributed by atoms with Gasteiger partial charge in [0, 0.05) is 5.41 Å². The zero-order chi connectivity index (χ0) is 18.2. The average molecular weight is 359 g/mol. The van der Waals surface area contributed by atoms with E-state index in [-0.39, 0.29) is 0 Å². The molecule has 4 nitrogen and oxygen atoms in total. The van der Waals surface area contributed by atoms with Gasteiger partial charge in [0.25, 0.3) is 0 Å². The number of carbonyl (C=O) groups excluding carboxylic acids is 1. The quantitative estimate of drug-likeness (QED) is 0.664. The summed E-state index contributed by atoms with van der Waals surface area (Å²) in [5.41, 5.74) is -2.32. The number of nitrogens with one attached hydrogen (secondary N) is 1. The molecule has 0 saturated carbocycles. The van der Waals surface area contributed by atoms with Crippen molar-refractivity contribution in [1.82, 2.24) is 4.72 Å². The fourth-order valence-corrected chi connectivity index (χ4v) is 2.67. The van der Waals surface area contributed by atoms with Crippen LogP contribution in [-0.4, -0.2) is 26.9 Å². The van der Waals surface area contributed by atoms with Crippen LogP contribution in [0.25, 0.3) is 0 Å². The van der Waals surface area contributed by atoms with Crippen molar-refractivity contribution in [2.45, 2.75) is 31.8 Å². The number of alkyl halides is 3. The second kappa shape index (κ2) is 6.16. The molecule has 0 spiro atoms. The summed E-state index contributed by atoms with van der Waals surface area (Å²) in [4.78, 5) is 10.8. The predicted molar refractivity (Wildman–Crippen MR) is 71.4 cm³/mol. The minimum absolute atomic E-state index is 0.461. The van der Waals surface area contributed by atoms with Crippen LogP contribution in [0, 0.1) is 17.0 Å². The molecule has 10 heteroatoms. The van der Waals surface area contributed by atoms with E-state index in [4.69, 9.17) is 0 Å². The maximum absolute atomic E-state index is 14.3. The Morgan fingerprint density at radius 3 is 2.09 bits per heavy atom. The summed E-state index contributed by atoms with van der Waals surface area (Å²) in [6, 6.07) is 0.979. The summed E-state index contributed by atoms with van der Waals surface area (Å²) in [5, 5.41) is 0. The minimum atomic E-state index is -4.91. The summed E-state index contributed by atoms with van der Waals surface area (Å²) in [7, 11) is -4.91. The fraction of sp³-hybridized carbons (Fsp3) is 0.462. The monoisotopic (exact) mass is 359 g/mol. The van der Waals surface area contributed by atoms with Crippen LogP contribution < -0.4 is 4.72 Å². The van der Waals surface area contributed by atoms with Gasteiger partial charge in [-0.2, -0.15) is 13.2 Å². The van der Waals surface area contributed by atoms with Gasteiger partial charge < -0.3 is 0 Å². The van der Waals surface area contributed by atoms with Crippen LogP contribution in [-0.2, 0) is 10.0 Å². The zero-order valence-corrected chi connectivity index (χ0v) is 13.2. The summed E-state index contributed by atoms with van der Waals surface area (Å²) in [5.74, 6) is -4.03. The van der Waals surface area contributed by atoms with Gasteiger partial charge in [-0.25, -0.2) is 21.9 Å². The molecule has 0 aromatic heterocycles. The van der Waals surface area contributed by atoms with Gasteiger partial charge >= 0.3 is 6.18 Å². The molecule has 0 bridgehead atoms. The molecule has 1 N–H and O–H groups in total. The van der Waals surface area contributed by atoms with Crippen molar-refractivity contribution >= 4 is 15.8 Å². The lowest BCUT2D eigenvalue weighted by Crippen LogP contribution is -2.34. The number of rotatable bonds is 4. The maximum Gasteiger partial charge on any atom is 0.402 e. The molecule has 0 aliphatic heterocycles. The average Bonchev–Trinajstić information content (AvgIpc) is 2.34. The topological polar surface area (TPSA) is 63.2 Å². The maximum atomic E-state index is 14.3. The molecular weight excluding hydrogens is 345 g/mol. The molecule has 1 aromatic carbocycles. The Kier molecular flexibility index (Phi) is 5.22. The molecule has 1 aromatic rings. The normalized spacial score (nSPS) is 13.2. The van der Waals surface area contributed by atoms with E-state index >= 15 is 0 Å². The van der Waals surface area contributed by atoms with Gasteiger partial charge in [-0.1, -0.05) is 20.8 Å². The highest BCUT2D eigenvalue weighted by atomic mass is 32.2. The van der Waals surface area contributed by atoms with Crippen molar-refractivity contribution < 1.29 is 35.2 Å². The van der Waals surface area contributed by atoms with Crippen LogP contribution in [0.15, 0.2) is 17.0 Å². The molecular formula is C13H14F5NO3S. The van der Waals surface area contributed by atoms with Crippen LogP contribution in [0.5, 0.6) is 0 Å². The lowest BCUT2D eigenvalue weighted by Gasteiger charge is -2.18. The Morgan fingerprint density at radius 2 is 1.65 bits per heavy atom. The highest BCUT2D eigenvalue weighted by molar-refractivity contribution is 7.89. The number of ketones is 1. The van der Waals surface area contributed by atoms with Gasteiger partial charge in [0.1, 0.15) is 17.3 Å². The van der Waals surface area contributed by atoms with E-state index in [1.165, 1.54) is 20.8 Å². The third kappa shape index (κ3) is 4.71. The molecule has 23 heavy (non-hydrogen) atoms. The second-order valence-corrected chi connectivity index (χ2v) is 7.49. The van der Waals surface area contributed by atoms with E-state index < -0.39 is 56.0 Å². The SMILES string of the molecule is CC(C)(C)C(=O)c1c(F)ccc(S(=O)(=O)NCC(F)(F)F)c1F. The first-order valence-corrected chi connectivity index (χ1v) is 7.74. The molecule has 0 saturated heterocycles. The van der Waals surface area contributed by atoms with Gasteiger partial charge in [0.2, 0.25) is 10.0 Å². The molecule has 1 rings (SSSR count). The molecule has 130 valence electrons. The standard InChI is InChI=1S/C13H14F5NO3S/c1-12(2,3)11(20)9-7(14)4-5-8(10(9)15)23(21,22)19-6-13(16,17)18/h4-5,19H,6H2,1-3H3. The summed E-state index contributed by atoms with van der Waals surface area (Å²) in [6.07, 6.45) is -4.85. The van der Waals surface area contributed by atoms with E-state index in [1.54, 1.807) is 0 Å². The van der Waals surface area contributed by atoms with Crippen molar-refractivity contribution in [1.29, 1.82) is 0 Å². The van der Waals surface area contributed by atoms with Crippen molar-refractivity contribution in [3.63, 3.8) is 0 Å². The first-order valence-electron chi connectivity index (χ1n) is 6.26. The Labute approximate surface area is 129 Å². The lowest BCUT2D eigenvalue weighted by atomic mass is 9.86. The van der Waals surface area contributed by atoms with E-state index in [0.29, 0.717) is 12.1 Å². The number of sulfonamides is 1. The number of halogens is 5. The Balaban J connectivity index is 3.39. The third-order valence-electron chi connectivity index (χ3n) is 2.72. The third-order valence-corrected chi connectivity index (χ3v) is 4.13. The van der Waals surface area contributed by atoms with Gasteiger partial charge in [-0.3, -0.25) is 4.79 Å². The number of benzene rings is 1. The number of hydrogen-bond acceptors (Lipinski definition) is 3. The highest BCUT2D eigenvalue weighted by Gasteiger charge is 2.34. The Morgan fingerprint density at radius 1 is 1.13 bits per heavy atom. The van der Waals surface area contributed by atoms with Gasteiger partial charge in [-0.15, -0.1) is 0 Å². The van der Waals surface area contributed by atoms with E-state index in [1.807, 2.05) is 0 Å². The molecule has 0 amide bonds. The smallest absolute Gasteiger partial charge is 0.293 e. The molecule has 0 atom stereocenters. The van der Waals surface area contributed by atoms with Crippen molar-refractivity contribution in [2.75, 3.05) is 6.54 Å². The number of Topliss-reactive ketones (excluding diaryl/α,β-unsaturated/α-hetero) is 1. The van der Waals surface area contributed by atoms with Crippen LogP contribution >= 0.6 is 0 Å². The first kappa shape index (κ1) is 19.5. The van der Waals surface area contributed by atoms with E-state index in [0.717, 1.165) is 4.72 Å². The highest BCUT2D eigenvalue weighted by Crippen LogP contribution is 2.28. The molecule has 0 unspecified atom stereocenters. The number of hydrogen-bond donors (Lipinski definition) is 1. The first-order chi connectivity index (χ1) is 10.2. The summed E-state index contributed by atoms with van der Waals surface area (Å²) in [6.45, 7) is 2.15.